The van der Waals surface area contributed by atoms with Crippen molar-refractivity contribution in [2.24, 2.45) is 0 Å². The standard InChI is InChI=1S/C38H24N2O/c1-2-8-28(9-3-1)39-21-20-25-14-15-27(23-36(25)39)26-16-18-35-32(22-26)30-10-4-6-12-34(30)40(35)29-17-19-38-33(24-29)31-11-5-7-13-37(31)41-38/h1-24H. The Kier molecular flexibility index (Phi) is 4.61. The van der Waals surface area contributed by atoms with E-state index in [4.69, 9.17) is 4.42 Å². The number of aromatic nitrogens is 2. The van der Waals surface area contributed by atoms with Gasteiger partial charge < -0.3 is 13.6 Å². The van der Waals surface area contributed by atoms with Crippen LogP contribution in [0.5, 0.6) is 0 Å². The Labute approximate surface area is 236 Å². The molecule has 9 aromatic rings. The van der Waals surface area contributed by atoms with Crippen molar-refractivity contribution >= 4 is 54.6 Å². The van der Waals surface area contributed by atoms with Crippen molar-refractivity contribution in [3.63, 3.8) is 0 Å². The first-order valence-corrected chi connectivity index (χ1v) is 13.9. The number of hydrogen-bond acceptors (Lipinski definition) is 1. The van der Waals surface area contributed by atoms with Gasteiger partial charge in [0, 0.05) is 39.1 Å². The minimum atomic E-state index is 0.911. The lowest BCUT2D eigenvalue weighted by atomic mass is 10.0. The number of hydrogen-bond donors (Lipinski definition) is 0. The summed E-state index contributed by atoms with van der Waals surface area (Å²) in [5.74, 6) is 0. The second-order valence-electron chi connectivity index (χ2n) is 10.7. The van der Waals surface area contributed by atoms with Crippen molar-refractivity contribution in [3.05, 3.63) is 146 Å². The molecule has 0 aliphatic heterocycles. The SMILES string of the molecule is c1ccc(-n2ccc3ccc(-c4ccc5c(c4)c4ccccc4n5-c4ccc5oc6ccccc6c5c4)cc32)cc1. The molecule has 0 N–H and O–H groups in total. The second kappa shape index (κ2) is 8.48. The Bertz CT molecular complexity index is 2420. The Balaban J connectivity index is 1.24. The number of furan rings is 1. The van der Waals surface area contributed by atoms with Crippen molar-refractivity contribution in [2.45, 2.75) is 0 Å². The summed E-state index contributed by atoms with van der Waals surface area (Å²) in [6.45, 7) is 0. The van der Waals surface area contributed by atoms with Crippen molar-refractivity contribution in [1.29, 1.82) is 0 Å². The molecular formula is C38H24N2O. The maximum Gasteiger partial charge on any atom is 0.135 e. The summed E-state index contributed by atoms with van der Waals surface area (Å²) in [6, 6.07) is 49.8. The molecule has 41 heavy (non-hydrogen) atoms. The molecular weight excluding hydrogens is 500 g/mol. The Morgan fingerprint density at radius 2 is 1.15 bits per heavy atom. The summed E-state index contributed by atoms with van der Waals surface area (Å²) < 4.78 is 10.8. The molecule has 192 valence electrons. The molecule has 3 nitrogen and oxygen atoms in total. The molecule has 0 saturated carbocycles. The third-order valence-corrected chi connectivity index (χ3v) is 8.35. The first-order valence-electron chi connectivity index (χ1n) is 13.9. The van der Waals surface area contributed by atoms with E-state index in [1.54, 1.807) is 0 Å². The highest BCUT2D eigenvalue weighted by Gasteiger charge is 2.15. The molecule has 0 unspecified atom stereocenters. The lowest BCUT2D eigenvalue weighted by Crippen LogP contribution is -1.93. The first-order chi connectivity index (χ1) is 20.3. The molecule has 9 rings (SSSR count). The summed E-state index contributed by atoms with van der Waals surface area (Å²) >= 11 is 0. The van der Waals surface area contributed by atoms with Gasteiger partial charge in [0.05, 0.1) is 16.6 Å². The van der Waals surface area contributed by atoms with Crippen LogP contribution < -0.4 is 0 Å². The summed E-state index contributed by atoms with van der Waals surface area (Å²) in [4.78, 5) is 0. The van der Waals surface area contributed by atoms with Crippen LogP contribution in [0.2, 0.25) is 0 Å². The van der Waals surface area contributed by atoms with Gasteiger partial charge in [-0.2, -0.15) is 0 Å². The third-order valence-electron chi connectivity index (χ3n) is 8.35. The molecule has 0 atom stereocenters. The van der Waals surface area contributed by atoms with Crippen LogP contribution in [-0.2, 0) is 0 Å². The fourth-order valence-electron chi connectivity index (χ4n) is 6.41. The molecule has 0 amide bonds. The maximum absolute atomic E-state index is 6.11. The monoisotopic (exact) mass is 524 g/mol. The third kappa shape index (κ3) is 3.33. The summed E-state index contributed by atoms with van der Waals surface area (Å²) in [6.07, 6.45) is 2.15. The van der Waals surface area contributed by atoms with Crippen molar-refractivity contribution < 1.29 is 4.42 Å². The lowest BCUT2D eigenvalue weighted by molar-refractivity contribution is 0.669. The molecule has 3 aromatic heterocycles. The van der Waals surface area contributed by atoms with Gasteiger partial charge in [0.1, 0.15) is 11.2 Å². The van der Waals surface area contributed by atoms with Crippen LogP contribution in [0.3, 0.4) is 0 Å². The molecule has 0 bridgehead atoms. The normalized spacial score (nSPS) is 11.9. The summed E-state index contributed by atoms with van der Waals surface area (Å²) in [7, 11) is 0. The van der Waals surface area contributed by atoms with Crippen molar-refractivity contribution in [2.75, 3.05) is 0 Å². The summed E-state index contributed by atoms with van der Waals surface area (Å²) in [5, 5.41) is 6.00. The topological polar surface area (TPSA) is 23.0 Å². The van der Waals surface area contributed by atoms with Gasteiger partial charge in [-0.25, -0.2) is 0 Å². The Morgan fingerprint density at radius 1 is 0.415 bits per heavy atom. The van der Waals surface area contributed by atoms with E-state index in [1.165, 1.54) is 49.5 Å². The molecule has 3 heteroatoms. The van der Waals surface area contributed by atoms with Crippen LogP contribution in [-0.4, -0.2) is 9.13 Å². The minimum Gasteiger partial charge on any atom is -0.456 e. The first kappa shape index (κ1) is 22.3. The van der Waals surface area contributed by atoms with Crippen molar-refractivity contribution in [3.8, 4) is 22.5 Å². The van der Waals surface area contributed by atoms with Gasteiger partial charge in [-0.15, -0.1) is 0 Å². The predicted octanol–water partition coefficient (Wildman–Crippen LogP) is 10.3. The van der Waals surface area contributed by atoms with Gasteiger partial charge in [-0.1, -0.05) is 72.8 Å². The fraction of sp³-hybridized carbons (Fsp3) is 0. The van der Waals surface area contributed by atoms with Gasteiger partial charge in [0.2, 0.25) is 0 Å². The van der Waals surface area contributed by atoms with Crippen molar-refractivity contribution in [1.82, 2.24) is 9.13 Å². The van der Waals surface area contributed by atoms with E-state index in [1.807, 2.05) is 12.1 Å². The van der Waals surface area contributed by atoms with Crippen LogP contribution in [0.15, 0.2) is 150 Å². The number of benzene rings is 6. The molecule has 0 aliphatic rings. The highest BCUT2D eigenvalue weighted by molar-refractivity contribution is 6.11. The second-order valence-corrected chi connectivity index (χ2v) is 10.7. The molecule has 6 aromatic carbocycles. The highest BCUT2D eigenvalue weighted by atomic mass is 16.3. The van der Waals surface area contributed by atoms with E-state index in [-0.39, 0.29) is 0 Å². The highest BCUT2D eigenvalue weighted by Crippen LogP contribution is 2.37. The van der Waals surface area contributed by atoms with Gasteiger partial charge >= 0.3 is 0 Å². The Morgan fingerprint density at radius 3 is 2.07 bits per heavy atom. The largest absolute Gasteiger partial charge is 0.456 e. The molecule has 0 fully saturated rings. The van der Waals surface area contributed by atoms with Crippen LogP contribution in [0.1, 0.15) is 0 Å². The number of rotatable bonds is 3. The van der Waals surface area contributed by atoms with Gasteiger partial charge in [-0.05, 0) is 83.2 Å². The van der Waals surface area contributed by atoms with Crippen LogP contribution >= 0.6 is 0 Å². The van der Waals surface area contributed by atoms with E-state index in [2.05, 4.69) is 143 Å². The maximum atomic E-state index is 6.11. The van der Waals surface area contributed by atoms with Crippen LogP contribution in [0.25, 0.3) is 77.1 Å². The Hall–Kier alpha value is -5.54. The quantitative estimate of drug-likeness (QED) is 0.225. The molecule has 0 aliphatic carbocycles. The van der Waals surface area contributed by atoms with E-state index in [0.717, 1.165) is 27.6 Å². The molecule has 0 spiro atoms. The average Bonchev–Trinajstić information content (AvgIpc) is 3.72. The number of fused-ring (bicyclic) bond motifs is 7. The summed E-state index contributed by atoms with van der Waals surface area (Å²) in [5.41, 5.74) is 10.1. The predicted molar refractivity (Wildman–Crippen MR) is 170 cm³/mol. The van der Waals surface area contributed by atoms with Crippen LogP contribution in [0.4, 0.5) is 0 Å². The van der Waals surface area contributed by atoms with E-state index in [0.29, 0.717) is 0 Å². The van der Waals surface area contributed by atoms with Gasteiger partial charge in [0.25, 0.3) is 0 Å². The zero-order chi connectivity index (χ0) is 26.9. The van der Waals surface area contributed by atoms with E-state index < -0.39 is 0 Å². The van der Waals surface area contributed by atoms with Gasteiger partial charge in [-0.3, -0.25) is 0 Å². The number of para-hydroxylation sites is 3. The average molecular weight is 525 g/mol. The van der Waals surface area contributed by atoms with E-state index >= 15 is 0 Å². The minimum absolute atomic E-state index is 0.911. The zero-order valence-corrected chi connectivity index (χ0v) is 22.2. The molecule has 0 saturated heterocycles. The molecule has 0 radical (unpaired) electrons. The fourth-order valence-corrected chi connectivity index (χ4v) is 6.41. The smallest absolute Gasteiger partial charge is 0.135 e. The number of nitrogens with zero attached hydrogens (tertiary/aromatic N) is 2. The van der Waals surface area contributed by atoms with Crippen LogP contribution in [0, 0.1) is 0 Å². The molecule has 3 heterocycles. The lowest BCUT2D eigenvalue weighted by Gasteiger charge is -2.09. The zero-order valence-electron chi connectivity index (χ0n) is 22.2. The van der Waals surface area contributed by atoms with Gasteiger partial charge in [0.15, 0.2) is 0 Å². The van der Waals surface area contributed by atoms with E-state index in [9.17, 15) is 0 Å².